The van der Waals surface area contributed by atoms with Gasteiger partial charge in [0.2, 0.25) is 0 Å². The average molecular weight is 288 g/mol. The molecular formula is C12H20N2O4S. The van der Waals surface area contributed by atoms with E-state index in [0.717, 1.165) is 25.0 Å². The molecule has 0 bridgehead atoms. The molecule has 2 fully saturated rings. The van der Waals surface area contributed by atoms with Crippen LogP contribution in [0.5, 0.6) is 0 Å². The van der Waals surface area contributed by atoms with Crippen molar-refractivity contribution in [2.24, 2.45) is 0 Å². The van der Waals surface area contributed by atoms with E-state index in [1.54, 1.807) is 18.9 Å². The number of ether oxygens (including phenoxy) is 2. The molecule has 2 aliphatic heterocycles. The van der Waals surface area contributed by atoms with E-state index < -0.39 is 5.72 Å². The fourth-order valence-corrected chi connectivity index (χ4v) is 4.26. The Morgan fingerprint density at radius 2 is 2.26 bits per heavy atom. The summed E-state index contributed by atoms with van der Waals surface area (Å²) in [7, 11) is 3.03. The molecule has 2 rings (SSSR count). The van der Waals surface area contributed by atoms with Gasteiger partial charge >= 0.3 is 12.0 Å². The molecule has 0 aliphatic carbocycles. The molecule has 19 heavy (non-hydrogen) atoms. The second-order valence-corrected chi connectivity index (χ2v) is 6.07. The van der Waals surface area contributed by atoms with Gasteiger partial charge in [0.1, 0.15) is 0 Å². The maximum atomic E-state index is 11.5. The fourth-order valence-electron chi connectivity index (χ4n) is 2.61. The highest BCUT2D eigenvalue weighted by Crippen LogP contribution is 2.40. The topological polar surface area (TPSA) is 76.7 Å². The molecule has 0 spiro atoms. The molecule has 7 heteroatoms. The first-order chi connectivity index (χ1) is 9.11. The van der Waals surface area contributed by atoms with Crippen LogP contribution in [0.3, 0.4) is 0 Å². The number of amides is 2. The van der Waals surface area contributed by atoms with E-state index in [0.29, 0.717) is 11.7 Å². The van der Waals surface area contributed by atoms with Gasteiger partial charge in [0.05, 0.1) is 13.2 Å². The fraction of sp³-hybridized carbons (Fsp3) is 0.833. The van der Waals surface area contributed by atoms with E-state index in [1.807, 2.05) is 0 Å². The minimum Gasteiger partial charge on any atom is -0.469 e. The standard InChI is InChI=1S/C12H20N2O4S/c1-17-9(15)6-4-3-5-8-10-12(18-2,7-19-8)14-11(16)13-10/h8,10H,3-7H2,1-2H3,(H2,13,14,16). The Balaban J connectivity index is 1.79. The zero-order valence-corrected chi connectivity index (χ0v) is 12.0. The van der Waals surface area contributed by atoms with Gasteiger partial charge in [-0.15, -0.1) is 0 Å². The summed E-state index contributed by atoms with van der Waals surface area (Å²) >= 11 is 1.81. The van der Waals surface area contributed by atoms with E-state index >= 15 is 0 Å². The molecule has 2 N–H and O–H groups in total. The Morgan fingerprint density at radius 1 is 1.47 bits per heavy atom. The Morgan fingerprint density at radius 3 is 2.95 bits per heavy atom. The smallest absolute Gasteiger partial charge is 0.317 e. The summed E-state index contributed by atoms with van der Waals surface area (Å²) in [4.78, 5) is 22.5. The quantitative estimate of drug-likeness (QED) is 0.431. The first kappa shape index (κ1) is 14.5. The minimum atomic E-state index is -0.561. The Labute approximate surface area is 117 Å². The van der Waals surface area contributed by atoms with Crippen LogP contribution in [-0.2, 0) is 14.3 Å². The minimum absolute atomic E-state index is 0.00752. The van der Waals surface area contributed by atoms with Crippen molar-refractivity contribution in [1.82, 2.24) is 10.6 Å². The number of urea groups is 1. The first-order valence-corrected chi connectivity index (χ1v) is 7.48. The Kier molecular flexibility index (Phi) is 4.57. The van der Waals surface area contributed by atoms with Crippen LogP contribution in [0, 0.1) is 0 Å². The van der Waals surface area contributed by atoms with E-state index in [9.17, 15) is 9.59 Å². The van der Waals surface area contributed by atoms with Crippen LogP contribution in [0.25, 0.3) is 0 Å². The third-order valence-electron chi connectivity index (χ3n) is 3.71. The second-order valence-electron chi connectivity index (χ2n) is 4.84. The number of unbranched alkanes of at least 4 members (excludes halogenated alkanes) is 1. The van der Waals surface area contributed by atoms with E-state index in [-0.39, 0.29) is 18.0 Å². The molecule has 2 saturated heterocycles. The van der Waals surface area contributed by atoms with E-state index in [2.05, 4.69) is 15.4 Å². The maximum absolute atomic E-state index is 11.5. The zero-order chi connectivity index (χ0) is 13.9. The van der Waals surface area contributed by atoms with Crippen molar-refractivity contribution < 1.29 is 19.1 Å². The molecule has 2 aliphatic rings. The molecule has 0 saturated carbocycles. The van der Waals surface area contributed by atoms with Gasteiger partial charge in [-0.25, -0.2) is 4.79 Å². The molecule has 3 atom stereocenters. The highest BCUT2D eigenvalue weighted by molar-refractivity contribution is 8.00. The lowest BCUT2D eigenvalue weighted by molar-refractivity contribution is -0.140. The Bertz CT molecular complexity index is 366. The second kappa shape index (κ2) is 6.00. The molecule has 3 unspecified atom stereocenters. The molecule has 0 aromatic rings. The van der Waals surface area contributed by atoms with Gasteiger partial charge in [-0.05, 0) is 12.8 Å². The van der Waals surface area contributed by atoms with Crippen molar-refractivity contribution in [3.05, 3.63) is 0 Å². The number of esters is 1. The molecule has 0 radical (unpaired) electrons. The van der Waals surface area contributed by atoms with Crippen LogP contribution < -0.4 is 10.6 Å². The highest BCUT2D eigenvalue weighted by atomic mass is 32.2. The van der Waals surface area contributed by atoms with Crippen LogP contribution >= 0.6 is 11.8 Å². The molecule has 108 valence electrons. The van der Waals surface area contributed by atoms with Crippen LogP contribution in [0.1, 0.15) is 25.7 Å². The third-order valence-corrected chi connectivity index (χ3v) is 5.24. The van der Waals surface area contributed by atoms with Crippen molar-refractivity contribution in [2.45, 2.75) is 42.7 Å². The number of rotatable bonds is 6. The number of hydrogen-bond acceptors (Lipinski definition) is 5. The number of nitrogens with one attached hydrogen (secondary N) is 2. The summed E-state index contributed by atoms with van der Waals surface area (Å²) in [6.07, 6.45) is 3.18. The highest BCUT2D eigenvalue weighted by Gasteiger charge is 2.55. The summed E-state index contributed by atoms with van der Waals surface area (Å²) < 4.78 is 10.1. The average Bonchev–Trinajstić information content (AvgIpc) is 2.90. The number of hydrogen-bond donors (Lipinski definition) is 2. The van der Waals surface area contributed by atoms with Crippen LogP contribution in [0.15, 0.2) is 0 Å². The van der Waals surface area contributed by atoms with Crippen molar-refractivity contribution in [2.75, 3.05) is 20.0 Å². The van der Waals surface area contributed by atoms with Gasteiger partial charge in [-0.3, -0.25) is 4.79 Å². The van der Waals surface area contributed by atoms with Crippen LogP contribution in [0.2, 0.25) is 0 Å². The van der Waals surface area contributed by atoms with Gasteiger partial charge in [0.25, 0.3) is 0 Å². The number of carbonyl (C=O) groups is 2. The summed E-state index contributed by atoms with van der Waals surface area (Å²) in [5.41, 5.74) is -0.561. The number of thioether (sulfide) groups is 1. The van der Waals surface area contributed by atoms with Gasteiger partial charge in [0, 0.05) is 24.5 Å². The van der Waals surface area contributed by atoms with Gasteiger partial charge < -0.3 is 20.1 Å². The zero-order valence-electron chi connectivity index (χ0n) is 11.2. The summed E-state index contributed by atoms with van der Waals surface area (Å²) in [6.45, 7) is 0. The normalized spacial score (nSPS) is 32.6. The number of fused-ring (bicyclic) bond motifs is 1. The third kappa shape index (κ3) is 2.97. The lowest BCUT2D eigenvalue weighted by atomic mass is 10.00. The van der Waals surface area contributed by atoms with Gasteiger partial charge in [-0.1, -0.05) is 6.42 Å². The van der Waals surface area contributed by atoms with Crippen LogP contribution in [-0.4, -0.2) is 49.0 Å². The lowest BCUT2D eigenvalue weighted by Gasteiger charge is -2.26. The van der Waals surface area contributed by atoms with Crippen molar-refractivity contribution in [3.63, 3.8) is 0 Å². The molecule has 2 heterocycles. The van der Waals surface area contributed by atoms with Crippen molar-refractivity contribution in [3.8, 4) is 0 Å². The number of methoxy groups -OCH3 is 2. The SMILES string of the molecule is COC(=O)CCCCC1SCC2(OC)NC(=O)NC12. The van der Waals surface area contributed by atoms with Crippen molar-refractivity contribution >= 4 is 23.8 Å². The summed E-state index contributed by atoms with van der Waals surface area (Å²) in [6, 6.07) is -0.153. The largest absolute Gasteiger partial charge is 0.469 e. The maximum Gasteiger partial charge on any atom is 0.317 e. The van der Waals surface area contributed by atoms with Crippen molar-refractivity contribution in [1.29, 1.82) is 0 Å². The summed E-state index contributed by atoms with van der Waals surface area (Å²) in [5.74, 6) is 0.593. The lowest BCUT2D eigenvalue weighted by Crippen LogP contribution is -2.52. The van der Waals surface area contributed by atoms with Gasteiger partial charge in [-0.2, -0.15) is 11.8 Å². The molecular weight excluding hydrogens is 268 g/mol. The van der Waals surface area contributed by atoms with E-state index in [4.69, 9.17) is 4.74 Å². The first-order valence-electron chi connectivity index (χ1n) is 6.43. The monoisotopic (exact) mass is 288 g/mol. The predicted octanol–water partition coefficient (Wildman–Crippen LogP) is 0.859. The molecule has 0 aromatic carbocycles. The van der Waals surface area contributed by atoms with E-state index in [1.165, 1.54) is 7.11 Å². The predicted molar refractivity (Wildman–Crippen MR) is 71.9 cm³/mol. The number of carbonyl (C=O) groups excluding carboxylic acids is 2. The molecule has 0 aromatic heterocycles. The molecule has 2 amide bonds. The molecule has 6 nitrogen and oxygen atoms in total. The Hall–Kier alpha value is -0.950. The van der Waals surface area contributed by atoms with Gasteiger partial charge in [0.15, 0.2) is 5.72 Å². The summed E-state index contributed by atoms with van der Waals surface area (Å²) in [5, 5.41) is 6.12. The van der Waals surface area contributed by atoms with Crippen LogP contribution in [0.4, 0.5) is 4.79 Å².